The molecule has 1 atom stereocenters. The van der Waals surface area contributed by atoms with E-state index in [1.807, 2.05) is 0 Å². The van der Waals surface area contributed by atoms with Gasteiger partial charge in [-0.25, -0.2) is 0 Å². The number of benzene rings is 1. The zero-order chi connectivity index (χ0) is 19.5. The van der Waals surface area contributed by atoms with Crippen LogP contribution in [-0.2, 0) is 4.79 Å². The molecule has 4 nitrogen and oxygen atoms in total. The Kier molecular flexibility index (Phi) is 6.30. The van der Waals surface area contributed by atoms with Crippen molar-refractivity contribution in [2.45, 2.75) is 25.4 Å². The summed E-state index contributed by atoms with van der Waals surface area (Å²) in [5.74, 6) is -2.90. The molecule has 0 radical (unpaired) electrons. The average molecular weight is 450 g/mol. The summed E-state index contributed by atoms with van der Waals surface area (Å²) < 4.78 is 84.2. The number of nitrogens with zero attached hydrogens (tertiary/aromatic N) is 1. The summed E-state index contributed by atoms with van der Waals surface area (Å²) in [6.45, 7) is -0.879. The van der Waals surface area contributed by atoms with Gasteiger partial charge in [-0.1, -0.05) is 0 Å². The average Bonchev–Trinajstić information content (AvgIpc) is 2.53. The van der Waals surface area contributed by atoms with Crippen molar-refractivity contribution in [1.82, 2.24) is 4.90 Å². The highest BCUT2D eigenvalue weighted by molar-refractivity contribution is 9.10. The number of carbonyl (C=O) groups excluding carboxylic acids is 1. The van der Waals surface area contributed by atoms with Crippen LogP contribution in [0.5, 0.6) is 11.5 Å². The smallest absolute Gasteiger partial charge is 0.482 e. The topological polar surface area (TPSA) is 38.8 Å². The Balaban J connectivity index is 1.97. The minimum atomic E-state index is -4.89. The second kappa shape index (κ2) is 7.93. The van der Waals surface area contributed by atoms with E-state index in [0.29, 0.717) is 0 Å². The minimum Gasteiger partial charge on any atom is -0.482 e. The lowest BCUT2D eigenvalue weighted by Gasteiger charge is -2.33. The van der Waals surface area contributed by atoms with Gasteiger partial charge in [-0.3, -0.25) is 4.79 Å². The third kappa shape index (κ3) is 5.96. The van der Waals surface area contributed by atoms with Gasteiger partial charge in [-0.05, 0) is 40.9 Å². The van der Waals surface area contributed by atoms with Crippen molar-refractivity contribution in [2.75, 3.05) is 19.7 Å². The molecule has 1 heterocycles. The first-order chi connectivity index (χ1) is 12.0. The summed E-state index contributed by atoms with van der Waals surface area (Å²) >= 11 is 3.06. The van der Waals surface area contributed by atoms with Gasteiger partial charge in [-0.2, -0.15) is 13.2 Å². The van der Waals surface area contributed by atoms with Gasteiger partial charge in [0.25, 0.3) is 5.91 Å². The van der Waals surface area contributed by atoms with E-state index in [0.717, 1.165) is 17.0 Å². The van der Waals surface area contributed by atoms with E-state index in [1.165, 1.54) is 6.07 Å². The highest BCUT2D eigenvalue weighted by atomic mass is 79.9. The van der Waals surface area contributed by atoms with E-state index in [1.54, 1.807) is 0 Å². The predicted molar refractivity (Wildman–Crippen MR) is 81.7 cm³/mol. The maximum absolute atomic E-state index is 12.8. The number of amides is 1. The molecule has 0 saturated carbocycles. The van der Waals surface area contributed by atoms with Gasteiger partial charge in [0.15, 0.2) is 6.61 Å². The molecule has 0 bridgehead atoms. The molecule has 0 aromatic heterocycles. The number of piperidine rings is 1. The first-order valence-corrected chi connectivity index (χ1v) is 8.27. The number of carbonyl (C=O) groups is 1. The zero-order valence-corrected chi connectivity index (χ0v) is 14.7. The van der Waals surface area contributed by atoms with Gasteiger partial charge in [0.1, 0.15) is 11.5 Å². The summed E-state index contributed by atoms with van der Waals surface area (Å²) in [7, 11) is 0. The van der Waals surface area contributed by atoms with Crippen LogP contribution >= 0.6 is 15.9 Å². The quantitative estimate of drug-likeness (QED) is 0.634. The van der Waals surface area contributed by atoms with Crippen molar-refractivity contribution in [1.29, 1.82) is 0 Å². The fourth-order valence-corrected chi connectivity index (χ4v) is 2.85. The van der Waals surface area contributed by atoms with Crippen LogP contribution in [0, 0.1) is 5.92 Å². The molecule has 0 spiro atoms. The van der Waals surface area contributed by atoms with Gasteiger partial charge >= 0.3 is 12.5 Å². The Hall–Kier alpha value is -1.65. The normalized spacial score (nSPS) is 18.6. The predicted octanol–water partition coefficient (Wildman–Crippen LogP) is 4.53. The van der Waals surface area contributed by atoms with Crippen molar-refractivity contribution >= 4 is 21.8 Å². The van der Waals surface area contributed by atoms with E-state index in [4.69, 9.17) is 4.74 Å². The number of hydrogen-bond donors (Lipinski definition) is 0. The molecule has 2 rings (SSSR count). The number of rotatable bonds is 4. The van der Waals surface area contributed by atoms with E-state index in [9.17, 15) is 31.1 Å². The molecule has 1 aliphatic heterocycles. The van der Waals surface area contributed by atoms with Crippen LogP contribution in [0.3, 0.4) is 0 Å². The first kappa shape index (κ1) is 20.7. The van der Waals surface area contributed by atoms with Crippen LogP contribution in [-0.4, -0.2) is 43.0 Å². The zero-order valence-electron chi connectivity index (χ0n) is 13.2. The highest BCUT2D eigenvalue weighted by Crippen LogP contribution is 2.34. The number of hydrogen-bond acceptors (Lipinski definition) is 3. The monoisotopic (exact) mass is 449 g/mol. The highest BCUT2D eigenvalue weighted by Gasteiger charge is 2.42. The van der Waals surface area contributed by atoms with Crippen LogP contribution in [0.15, 0.2) is 22.7 Å². The van der Waals surface area contributed by atoms with Crippen molar-refractivity contribution in [3.63, 3.8) is 0 Å². The van der Waals surface area contributed by atoms with E-state index in [2.05, 4.69) is 20.7 Å². The molecule has 1 amide bonds. The lowest BCUT2D eigenvalue weighted by molar-refractivity contribution is -0.274. The second-order valence-corrected chi connectivity index (χ2v) is 6.50. The summed E-state index contributed by atoms with van der Waals surface area (Å²) in [6.07, 6.45) is -9.10. The fourth-order valence-electron chi connectivity index (χ4n) is 2.49. The Labute approximate surface area is 153 Å². The van der Waals surface area contributed by atoms with Crippen molar-refractivity contribution < 1.29 is 40.6 Å². The van der Waals surface area contributed by atoms with Gasteiger partial charge in [0.2, 0.25) is 0 Å². The number of likely N-dealkylation sites (tertiary alicyclic amines) is 1. The molecule has 26 heavy (non-hydrogen) atoms. The molecule has 1 aromatic rings. The molecule has 1 aromatic carbocycles. The van der Waals surface area contributed by atoms with Crippen LogP contribution in [0.4, 0.5) is 26.3 Å². The minimum absolute atomic E-state index is 0.0451. The Morgan fingerprint density at radius 1 is 1.23 bits per heavy atom. The van der Waals surface area contributed by atoms with Gasteiger partial charge in [0.05, 0.1) is 10.4 Å². The third-order valence-electron chi connectivity index (χ3n) is 3.72. The van der Waals surface area contributed by atoms with Gasteiger partial charge < -0.3 is 14.4 Å². The molecule has 11 heteroatoms. The van der Waals surface area contributed by atoms with Gasteiger partial charge in [-0.15, -0.1) is 13.2 Å². The Bertz CT molecular complexity index is 649. The van der Waals surface area contributed by atoms with Crippen molar-refractivity contribution in [2.24, 2.45) is 5.92 Å². The summed E-state index contributed by atoms with van der Waals surface area (Å²) in [4.78, 5) is 13.1. The van der Waals surface area contributed by atoms with Crippen LogP contribution in [0.2, 0.25) is 0 Å². The van der Waals surface area contributed by atoms with Crippen molar-refractivity contribution in [3.05, 3.63) is 22.7 Å². The lowest BCUT2D eigenvalue weighted by Crippen LogP contribution is -2.46. The maximum Gasteiger partial charge on any atom is 0.573 e. The van der Waals surface area contributed by atoms with Crippen LogP contribution in [0.25, 0.3) is 0 Å². The number of alkyl halides is 6. The molecule has 1 unspecified atom stereocenters. The van der Waals surface area contributed by atoms with Crippen LogP contribution in [0.1, 0.15) is 12.8 Å². The molecule has 1 saturated heterocycles. The van der Waals surface area contributed by atoms with E-state index >= 15 is 0 Å². The largest absolute Gasteiger partial charge is 0.573 e. The molecule has 0 aliphatic carbocycles. The first-order valence-electron chi connectivity index (χ1n) is 7.48. The number of ether oxygens (including phenoxy) is 2. The second-order valence-electron chi connectivity index (χ2n) is 5.65. The summed E-state index contributed by atoms with van der Waals surface area (Å²) in [5, 5.41) is 0. The molecule has 0 N–H and O–H groups in total. The lowest BCUT2D eigenvalue weighted by atomic mass is 9.97. The summed E-state index contributed by atoms with van der Waals surface area (Å²) in [5.41, 5.74) is 0. The number of halogens is 7. The van der Waals surface area contributed by atoms with Crippen molar-refractivity contribution in [3.8, 4) is 11.5 Å². The molecular weight excluding hydrogens is 436 g/mol. The van der Waals surface area contributed by atoms with Crippen LogP contribution < -0.4 is 9.47 Å². The van der Waals surface area contributed by atoms with Gasteiger partial charge in [0, 0.05) is 19.2 Å². The third-order valence-corrected chi connectivity index (χ3v) is 4.38. The molecular formula is C15H14BrF6NO3. The molecule has 1 fully saturated rings. The fraction of sp³-hybridized carbons (Fsp3) is 0.533. The standard InChI is InChI=1S/C15H14BrF6NO3/c16-11-4-3-10(26-15(20,21)22)6-12(11)25-8-13(24)23-5-1-2-9(7-23)14(17,18)19/h3-4,6,9H,1-2,5,7-8H2. The van der Waals surface area contributed by atoms with E-state index < -0.39 is 43.3 Å². The maximum atomic E-state index is 12.8. The Morgan fingerprint density at radius 3 is 2.54 bits per heavy atom. The molecule has 1 aliphatic rings. The molecule has 146 valence electrons. The Morgan fingerprint density at radius 2 is 1.92 bits per heavy atom. The SMILES string of the molecule is O=C(COc1cc(OC(F)(F)F)ccc1Br)N1CCCC(C(F)(F)F)C1. The van der Waals surface area contributed by atoms with E-state index in [-0.39, 0.29) is 29.6 Å². The summed E-state index contributed by atoms with van der Waals surface area (Å²) in [6, 6.07) is 3.21.